The first kappa shape index (κ1) is 18.1. The van der Waals surface area contributed by atoms with E-state index in [-0.39, 0.29) is 6.04 Å². The van der Waals surface area contributed by atoms with Gasteiger partial charge in [0.25, 0.3) is 0 Å². The van der Waals surface area contributed by atoms with Gasteiger partial charge in [-0.25, -0.2) is 0 Å². The molecule has 1 N–H and O–H groups in total. The van der Waals surface area contributed by atoms with E-state index in [0.717, 1.165) is 31.6 Å². The van der Waals surface area contributed by atoms with Gasteiger partial charge in [-0.3, -0.25) is 4.90 Å². The molecule has 0 aromatic heterocycles. The fourth-order valence-electron chi connectivity index (χ4n) is 2.94. The molecular formula is C18H32N2O. The summed E-state index contributed by atoms with van der Waals surface area (Å²) < 4.78 is 0. The van der Waals surface area contributed by atoms with Gasteiger partial charge in [0, 0.05) is 6.04 Å². The summed E-state index contributed by atoms with van der Waals surface area (Å²) in [6.45, 7) is 9.67. The van der Waals surface area contributed by atoms with Crippen molar-refractivity contribution in [2.75, 3.05) is 33.7 Å². The summed E-state index contributed by atoms with van der Waals surface area (Å²) in [5.74, 6) is 0.416. The van der Waals surface area contributed by atoms with Crippen LogP contribution in [-0.4, -0.2) is 54.7 Å². The fourth-order valence-corrected chi connectivity index (χ4v) is 2.94. The second-order valence-corrected chi connectivity index (χ2v) is 6.38. The van der Waals surface area contributed by atoms with E-state index in [9.17, 15) is 5.11 Å². The van der Waals surface area contributed by atoms with Crippen molar-refractivity contribution in [3.05, 3.63) is 35.9 Å². The van der Waals surface area contributed by atoms with Crippen LogP contribution in [0.5, 0.6) is 0 Å². The van der Waals surface area contributed by atoms with Crippen LogP contribution in [0.3, 0.4) is 0 Å². The number of benzene rings is 1. The van der Waals surface area contributed by atoms with Crippen LogP contribution in [0, 0.1) is 5.92 Å². The predicted octanol–water partition coefficient (Wildman–Crippen LogP) is 3.02. The Kier molecular flexibility index (Phi) is 7.94. The van der Waals surface area contributed by atoms with Crippen molar-refractivity contribution < 1.29 is 5.11 Å². The highest BCUT2D eigenvalue weighted by Gasteiger charge is 2.28. The monoisotopic (exact) mass is 292 g/mol. The van der Waals surface area contributed by atoms with Gasteiger partial charge >= 0.3 is 0 Å². The minimum absolute atomic E-state index is 0.166. The standard InChI is InChI=1S/C18H32N2O/c1-6-20(14-10-13-19(4)5)17(15(2)3)18(21)16-11-8-7-9-12-16/h7-9,11-12,15,17-18,21H,6,10,13-14H2,1-5H3. The zero-order valence-electron chi connectivity index (χ0n) is 14.3. The molecule has 3 nitrogen and oxygen atoms in total. The first-order valence-corrected chi connectivity index (χ1v) is 8.09. The van der Waals surface area contributed by atoms with Gasteiger partial charge in [0.1, 0.15) is 0 Å². The maximum absolute atomic E-state index is 10.8. The largest absolute Gasteiger partial charge is 0.387 e. The summed E-state index contributed by atoms with van der Waals surface area (Å²) in [6, 6.07) is 10.2. The molecular weight excluding hydrogens is 260 g/mol. The van der Waals surface area contributed by atoms with Crippen molar-refractivity contribution in [3.63, 3.8) is 0 Å². The maximum atomic E-state index is 10.8. The Labute approximate surface area is 130 Å². The van der Waals surface area contributed by atoms with Crippen LogP contribution in [0.1, 0.15) is 38.9 Å². The molecule has 0 aliphatic rings. The van der Waals surface area contributed by atoms with E-state index in [1.54, 1.807) is 0 Å². The molecule has 120 valence electrons. The van der Waals surface area contributed by atoms with E-state index in [2.05, 4.69) is 44.7 Å². The highest BCUT2D eigenvalue weighted by molar-refractivity contribution is 5.19. The number of hydrogen-bond donors (Lipinski definition) is 1. The van der Waals surface area contributed by atoms with E-state index >= 15 is 0 Å². The van der Waals surface area contributed by atoms with E-state index < -0.39 is 6.10 Å². The predicted molar refractivity (Wildman–Crippen MR) is 90.4 cm³/mol. The molecule has 21 heavy (non-hydrogen) atoms. The lowest BCUT2D eigenvalue weighted by Crippen LogP contribution is -2.44. The van der Waals surface area contributed by atoms with Crippen LogP contribution in [0.4, 0.5) is 0 Å². The van der Waals surface area contributed by atoms with Crippen LogP contribution >= 0.6 is 0 Å². The van der Waals surface area contributed by atoms with Gasteiger partial charge in [0.15, 0.2) is 0 Å². The van der Waals surface area contributed by atoms with Gasteiger partial charge in [0.2, 0.25) is 0 Å². The Balaban J connectivity index is 2.78. The topological polar surface area (TPSA) is 26.7 Å². The lowest BCUT2D eigenvalue weighted by Gasteiger charge is -2.37. The maximum Gasteiger partial charge on any atom is 0.0947 e. The molecule has 1 aromatic rings. The average molecular weight is 292 g/mol. The normalized spacial score (nSPS) is 14.9. The summed E-state index contributed by atoms with van der Waals surface area (Å²) in [5, 5.41) is 10.8. The van der Waals surface area contributed by atoms with Gasteiger partial charge in [-0.05, 0) is 51.6 Å². The minimum Gasteiger partial charge on any atom is -0.387 e. The van der Waals surface area contributed by atoms with Gasteiger partial charge in [-0.15, -0.1) is 0 Å². The second-order valence-electron chi connectivity index (χ2n) is 6.38. The average Bonchev–Trinajstić information content (AvgIpc) is 2.46. The Morgan fingerprint density at radius 3 is 2.14 bits per heavy atom. The Hall–Kier alpha value is -0.900. The summed E-state index contributed by atoms with van der Waals surface area (Å²) in [5.41, 5.74) is 1.02. The first-order valence-electron chi connectivity index (χ1n) is 8.09. The van der Waals surface area contributed by atoms with Gasteiger partial charge in [0.05, 0.1) is 6.10 Å². The van der Waals surface area contributed by atoms with Crippen molar-refractivity contribution in [1.29, 1.82) is 0 Å². The third-order valence-electron chi connectivity index (χ3n) is 4.03. The lowest BCUT2D eigenvalue weighted by molar-refractivity contribution is 0.0235. The highest BCUT2D eigenvalue weighted by atomic mass is 16.3. The molecule has 0 radical (unpaired) electrons. The number of aliphatic hydroxyl groups is 1. The van der Waals surface area contributed by atoms with Crippen LogP contribution < -0.4 is 0 Å². The lowest BCUT2D eigenvalue weighted by atomic mass is 9.91. The first-order chi connectivity index (χ1) is 9.97. The number of likely N-dealkylation sites (N-methyl/N-ethyl adjacent to an activating group) is 1. The Morgan fingerprint density at radius 2 is 1.67 bits per heavy atom. The molecule has 1 rings (SSSR count). The summed E-state index contributed by atoms with van der Waals surface area (Å²) in [6.07, 6.45) is 0.705. The minimum atomic E-state index is -0.425. The molecule has 2 unspecified atom stereocenters. The molecule has 0 aliphatic carbocycles. The number of aliphatic hydroxyl groups excluding tert-OH is 1. The second kappa shape index (κ2) is 9.19. The zero-order chi connectivity index (χ0) is 15.8. The smallest absolute Gasteiger partial charge is 0.0947 e. The number of rotatable bonds is 9. The van der Waals surface area contributed by atoms with Crippen molar-refractivity contribution in [2.45, 2.75) is 39.3 Å². The SMILES string of the molecule is CCN(CCCN(C)C)C(C(C)C)C(O)c1ccccc1. The molecule has 0 aliphatic heterocycles. The molecule has 0 saturated heterocycles. The number of hydrogen-bond acceptors (Lipinski definition) is 3. The van der Waals surface area contributed by atoms with Gasteiger partial charge in [-0.1, -0.05) is 51.1 Å². The van der Waals surface area contributed by atoms with Gasteiger partial charge < -0.3 is 10.0 Å². The van der Waals surface area contributed by atoms with Crippen LogP contribution in [0.15, 0.2) is 30.3 Å². The third-order valence-corrected chi connectivity index (χ3v) is 4.03. The third kappa shape index (κ3) is 5.77. The Bertz CT molecular complexity index is 378. The van der Waals surface area contributed by atoms with Crippen LogP contribution in [0.2, 0.25) is 0 Å². The fraction of sp³-hybridized carbons (Fsp3) is 0.667. The molecule has 3 heteroatoms. The zero-order valence-corrected chi connectivity index (χ0v) is 14.3. The van der Waals surface area contributed by atoms with E-state index in [4.69, 9.17) is 0 Å². The van der Waals surface area contributed by atoms with E-state index in [1.165, 1.54) is 0 Å². The quantitative estimate of drug-likeness (QED) is 0.758. The van der Waals surface area contributed by atoms with Crippen molar-refractivity contribution in [3.8, 4) is 0 Å². The highest BCUT2D eigenvalue weighted by Crippen LogP contribution is 2.26. The molecule has 0 heterocycles. The molecule has 0 saturated carbocycles. The van der Waals surface area contributed by atoms with E-state index in [1.807, 2.05) is 30.3 Å². The summed E-state index contributed by atoms with van der Waals surface area (Å²) in [4.78, 5) is 4.64. The summed E-state index contributed by atoms with van der Waals surface area (Å²) in [7, 11) is 4.21. The van der Waals surface area contributed by atoms with E-state index in [0.29, 0.717) is 5.92 Å². The van der Waals surface area contributed by atoms with Crippen molar-refractivity contribution >= 4 is 0 Å². The molecule has 0 amide bonds. The van der Waals surface area contributed by atoms with Gasteiger partial charge in [-0.2, -0.15) is 0 Å². The molecule has 0 spiro atoms. The summed E-state index contributed by atoms with van der Waals surface area (Å²) >= 11 is 0. The van der Waals surface area contributed by atoms with Crippen molar-refractivity contribution in [2.24, 2.45) is 5.92 Å². The number of nitrogens with zero attached hydrogens (tertiary/aromatic N) is 2. The van der Waals surface area contributed by atoms with Crippen LogP contribution in [-0.2, 0) is 0 Å². The van der Waals surface area contributed by atoms with Crippen LogP contribution in [0.25, 0.3) is 0 Å². The molecule has 1 aromatic carbocycles. The van der Waals surface area contributed by atoms with Crippen molar-refractivity contribution in [1.82, 2.24) is 9.80 Å². The Morgan fingerprint density at radius 1 is 1.05 bits per heavy atom. The molecule has 0 bridgehead atoms. The molecule has 2 atom stereocenters. The molecule has 0 fully saturated rings.